The van der Waals surface area contributed by atoms with E-state index in [0.717, 1.165) is 23.9 Å². The maximum Gasteiger partial charge on any atom is 0.0709 e. The van der Waals surface area contributed by atoms with Crippen LogP contribution < -0.4 is 5.73 Å². The van der Waals surface area contributed by atoms with E-state index in [1.807, 2.05) is 35.1 Å². The number of pyridine rings is 1. The van der Waals surface area contributed by atoms with Crippen LogP contribution in [0.5, 0.6) is 0 Å². The first-order chi connectivity index (χ1) is 7.72. The van der Waals surface area contributed by atoms with E-state index in [0.29, 0.717) is 0 Å². The number of rotatable bonds is 4. The number of hydrogen-bond donors (Lipinski definition) is 1. The van der Waals surface area contributed by atoms with Crippen molar-refractivity contribution in [3.8, 4) is 0 Å². The van der Waals surface area contributed by atoms with Gasteiger partial charge in [0, 0.05) is 17.8 Å². The second-order valence-electron chi connectivity index (χ2n) is 4.04. The molecule has 0 aliphatic carbocycles. The molecule has 84 valence electrons. The molecule has 0 amide bonds. The molecule has 2 N–H and O–H groups in total. The Hall–Kier alpha value is -1.61. The zero-order valence-corrected chi connectivity index (χ0v) is 9.56. The Balaban J connectivity index is 2.29. The average molecular weight is 215 g/mol. The molecule has 1 atom stereocenters. The van der Waals surface area contributed by atoms with E-state index in [-0.39, 0.29) is 6.04 Å². The van der Waals surface area contributed by atoms with E-state index in [2.05, 4.69) is 18.6 Å². The van der Waals surface area contributed by atoms with Crippen LogP contribution in [0.25, 0.3) is 5.52 Å². The van der Waals surface area contributed by atoms with Crippen LogP contribution in [0.3, 0.4) is 0 Å². The zero-order valence-electron chi connectivity index (χ0n) is 9.56. The summed E-state index contributed by atoms with van der Waals surface area (Å²) in [6, 6.07) is 5.99. The molecule has 0 saturated carbocycles. The summed E-state index contributed by atoms with van der Waals surface area (Å²) < 4.78 is 1.85. The number of fused-ring (bicyclic) bond motifs is 1. The first kappa shape index (κ1) is 10.9. The van der Waals surface area contributed by atoms with E-state index in [4.69, 9.17) is 5.73 Å². The first-order valence-corrected chi connectivity index (χ1v) is 5.57. The highest BCUT2D eigenvalue weighted by atomic mass is 15.2. The largest absolute Gasteiger partial charge is 0.324 e. The van der Waals surface area contributed by atoms with Crippen molar-refractivity contribution in [2.45, 2.75) is 25.8 Å². The number of nitrogens with zero attached hydrogens (tertiary/aromatic N) is 2. The van der Waals surface area contributed by atoms with Gasteiger partial charge in [-0.1, -0.05) is 25.1 Å². The van der Waals surface area contributed by atoms with Crippen LogP contribution in [0.4, 0.5) is 0 Å². The van der Waals surface area contributed by atoms with E-state index in [1.165, 1.54) is 5.57 Å². The van der Waals surface area contributed by atoms with Crippen molar-refractivity contribution in [2.75, 3.05) is 0 Å². The van der Waals surface area contributed by atoms with Gasteiger partial charge in [0.05, 0.1) is 11.7 Å². The minimum Gasteiger partial charge on any atom is -0.324 e. The van der Waals surface area contributed by atoms with Crippen molar-refractivity contribution >= 4 is 5.52 Å². The molecule has 0 spiro atoms. The normalized spacial score (nSPS) is 12.9. The first-order valence-electron chi connectivity index (χ1n) is 5.57. The minimum absolute atomic E-state index is 0.00708. The predicted octanol–water partition coefficient (Wildman–Crippen LogP) is 2.69. The third-order valence-corrected chi connectivity index (χ3v) is 2.86. The SMILES string of the molecule is C=C(CC)CC(N)c1cnn2ccccc12. The standard InChI is InChI=1S/C13H17N3/c1-3-10(2)8-12(14)11-9-15-16-7-5-4-6-13(11)16/h4-7,9,12H,2-3,8,14H2,1H3. The van der Waals surface area contributed by atoms with Gasteiger partial charge in [0.15, 0.2) is 0 Å². The molecule has 0 bridgehead atoms. The van der Waals surface area contributed by atoms with Gasteiger partial charge in [-0.05, 0) is 25.0 Å². The van der Waals surface area contributed by atoms with Crippen LogP contribution in [0, 0.1) is 0 Å². The lowest BCUT2D eigenvalue weighted by Crippen LogP contribution is -2.10. The van der Waals surface area contributed by atoms with Crippen LogP contribution in [0.2, 0.25) is 0 Å². The molecule has 2 aromatic rings. The molecule has 0 aliphatic rings. The van der Waals surface area contributed by atoms with Gasteiger partial charge < -0.3 is 5.73 Å². The van der Waals surface area contributed by atoms with Gasteiger partial charge in [0.2, 0.25) is 0 Å². The second-order valence-corrected chi connectivity index (χ2v) is 4.04. The number of hydrogen-bond acceptors (Lipinski definition) is 2. The summed E-state index contributed by atoms with van der Waals surface area (Å²) in [7, 11) is 0. The molecular weight excluding hydrogens is 198 g/mol. The van der Waals surface area contributed by atoms with Gasteiger partial charge in [-0.25, -0.2) is 4.52 Å². The molecule has 2 rings (SSSR count). The molecule has 0 aliphatic heterocycles. The van der Waals surface area contributed by atoms with E-state index >= 15 is 0 Å². The summed E-state index contributed by atoms with van der Waals surface area (Å²) >= 11 is 0. The van der Waals surface area contributed by atoms with Crippen LogP contribution in [0.15, 0.2) is 42.7 Å². The average Bonchev–Trinajstić information content (AvgIpc) is 2.72. The molecule has 0 radical (unpaired) electrons. The van der Waals surface area contributed by atoms with Crippen molar-refractivity contribution < 1.29 is 0 Å². The summed E-state index contributed by atoms with van der Waals surface area (Å²) in [5, 5.41) is 4.28. The van der Waals surface area contributed by atoms with Crippen LogP contribution >= 0.6 is 0 Å². The molecule has 0 saturated heterocycles. The Bertz CT molecular complexity index is 499. The van der Waals surface area contributed by atoms with Crippen molar-refractivity contribution in [3.63, 3.8) is 0 Å². The Kier molecular flexibility index (Phi) is 3.06. The topological polar surface area (TPSA) is 43.3 Å². The predicted molar refractivity (Wildman–Crippen MR) is 66.2 cm³/mol. The van der Waals surface area contributed by atoms with E-state index < -0.39 is 0 Å². The second kappa shape index (κ2) is 4.49. The van der Waals surface area contributed by atoms with Crippen molar-refractivity contribution in [3.05, 3.63) is 48.3 Å². The maximum absolute atomic E-state index is 6.17. The molecule has 1 unspecified atom stereocenters. The van der Waals surface area contributed by atoms with Crippen LogP contribution in [0.1, 0.15) is 31.4 Å². The fraction of sp³-hybridized carbons (Fsp3) is 0.308. The molecule has 16 heavy (non-hydrogen) atoms. The van der Waals surface area contributed by atoms with Gasteiger partial charge in [-0.2, -0.15) is 5.10 Å². The molecular formula is C13H17N3. The Morgan fingerprint density at radius 2 is 2.38 bits per heavy atom. The van der Waals surface area contributed by atoms with Gasteiger partial charge in [0.1, 0.15) is 0 Å². The maximum atomic E-state index is 6.17. The highest BCUT2D eigenvalue weighted by Gasteiger charge is 2.12. The number of nitrogens with two attached hydrogens (primary N) is 1. The smallest absolute Gasteiger partial charge is 0.0709 e. The van der Waals surface area contributed by atoms with Crippen molar-refractivity contribution in [1.82, 2.24) is 9.61 Å². The highest BCUT2D eigenvalue weighted by molar-refractivity contribution is 5.54. The minimum atomic E-state index is -0.00708. The Labute approximate surface area is 95.6 Å². The lowest BCUT2D eigenvalue weighted by atomic mass is 10.0. The van der Waals surface area contributed by atoms with Gasteiger partial charge in [-0.15, -0.1) is 0 Å². The molecule has 2 aromatic heterocycles. The van der Waals surface area contributed by atoms with Gasteiger partial charge in [0.25, 0.3) is 0 Å². The quantitative estimate of drug-likeness (QED) is 0.797. The highest BCUT2D eigenvalue weighted by Crippen LogP contribution is 2.23. The lowest BCUT2D eigenvalue weighted by Gasteiger charge is -2.11. The molecule has 0 fully saturated rings. The molecule has 3 heteroatoms. The van der Waals surface area contributed by atoms with Crippen molar-refractivity contribution in [2.24, 2.45) is 5.73 Å². The fourth-order valence-corrected chi connectivity index (χ4v) is 1.81. The summed E-state index contributed by atoms with van der Waals surface area (Å²) in [5.41, 5.74) is 9.53. The molecule has 0 aromatic carbocycles. The summed E-state index contributed by atoms with van der Waals surface area (Å²) in [6.07, 6.45) is 5.59. The Morgan fingerprint density at radius 1 is 1.56 bits per heavy atom. The molecule has 3 nitrogen and oxygen atoms in total. The molecule has 2 heterocycles. The third-order valence-electron chi connectivity index (χ3n) is 2.86. The summed E-state index contributed by atoms with van der Waals surface area (Å²) in [6.45, 7) is 6.10. The van der Waals surface area contributed by atoms with Crippen LogP contribution in [-0.2, 0) is 0 Å². The fourth-order valence-electron chi connectivity index (χ4n) is 1.81. The van der Waals surface area contributed by atoms with E-state index in [9.17, 15) is 0 Å². The van der Waals surface area contributed by atoms with Gasteiger partial charge in [-0.3, -0.25) is 0 Å². The number of aromatic nitrogens is 2. The monoisotopic (exact) mass is 215 g/mol. The summed E-state index contributed by atoms with van der Waals surface area (Å²) in [5.74, 6) is 0. The van der Waals surface area contributed by atoms with Gasteiger partial charge >= 0.3 is 0 Å². The summed E-state index contributed by atoms with van der Waals surface area (Å²) in [4.78, 5) is 0. The Morgan fingerprint density at radius 3 is 3.12 bits per heavy atom. The zero-order chi connectivity index (χ0) is 11.5. The van der Waals surface area contributed by atoms with Crippen molar-refractivity contribution in [1.29, 1.82) is 0 Å². The lowest BCUT2D eigenvalue weighted by molar-refractivity contribution is 0.706. The van der Waals surface area contributed by atoms with E-state index in [1.54, 1.807) is 0 Å². The third kappa shape index (κ3) is 1.99. The van der Waals surface area contributed by atoms with Crippen LogP contribution in [-0.4, -0.2) is 9.61 Å².